The quantitative estimate of drug-likeness (QED) is 0.159. The van der Waals surface area contributed by atoms with Gasteiger partial charge in [0.15, 0.2) is 5.82 Å². The summed E-state index contributed by atoms with van der Waals surface area (Å²) in [6, 6.07) is 16.1. The number of benzene rings is 2. The second-order valence-electron chi connectivity index (χ2n) is 9.51. The van der Waals surface area contributed by atoms with Crippen LogP contribution in [0.5, 0.6) is 5.75 Å². The predicted molar refractivity (Wildman–Crippen MR) is 160 cm³/mol. The van der Waals surface area contributed by atoms with Gasteiger partial charge in [-0.15, -0.1) is 0 Å². The van der Waals surface area contributed by atoms with Gasteiger partial charge in [-0.2, -0.15) is 0 Å². The molecule has 0 atom stereocenters. The van der Waals surface area contributed by atoms with Crippen LogP contribution in [-0.2, 0) is 17.8 Å². The maximum atomic E-state index is 11.9. The van der Waals surface area contributed by atoms with Crippen LogP contribution in [-0.4, -0.2) is 48.8 Å². The van der Waals surface area contributed by atoms with Crippen molar-refractivity contribution >= 4 is 23.8 Å². The van der Waals surface area contributed by atoms with E-state index in [-0.39, 0.29) is 5.91 Å². The Hall–Kier alpha value is -3.94. The number of rotatable bonds is 16. The second-order valence-corrected chi connectivity index (χ2v) is 9.51. The number of likely N-dealkylation sites (N-methyl/N-ethyl adjacent to an activating group) is 1. The van der Waals surface area contributed by atoms with Gasteiger partial charge in [0.2, 0.25) is 5.91 Å². The van der Waals surface area contributed by atoms with Crippen molar-refractivity contribution in [2.24, 2.45) is 0 Å². The summed E-state index contributed by atoms with van der Waals surface area (Å²) in [5.41, 5.74) is 3.88. The summed E-state index contributed by atoms with van der Waals surface area (Å²) in [5.74, 6) is 2.81. The number of anilines is 2. The molecular formula is C31H42N6O2. The van der Waals surface area contributed by atoms with Crippen molar-refractivity contribution in [1.82, 2.24) is 15.3 Å². The zero-order valence-corrected chi connectivity index (χ0v) is 23.7. The lowest BCUT2D eigenvalue weighted by Gasteiger charge is -2.22. The van der Waals surface area contributed by atoms with E-state index in [2.05, 4.69) is 36.6 Å². The van der Waals surface area contributed by atoms with Crippen molar-refractivity contribution in [2.45, 2.75) is 59.4 Å². The molecule has 3 aromatic rings. The molecule has 0 aliphatic heterocycles. The standard InChI is InChI=1S/C31H42N6O2/c1-5-8-9-10-28(38)34-22-24-13-17-26(18-14-24)39-20-19-37(4)31-27(21-32)30(33-7-3)35-29(36-31)25-15-11-23(6-2)12-16-25/h11-18,21,32H,5-10,19-20,22H2,1-4H3,(H,34,38)(H,33,35,36). The van der Waals surface area contributed by atoms with Gasteiger partial charge in [-0.25, -0.2) is 9.97 Å². The number of aromatic nitrogens is 2. The largest absolute Gasteiger partial charge is 0.492 e. The summed E-state index contributed by atoms with van der Waals surface area (Å²) >= 11 is 0. The smallest absolute Gasteiger partial charge is 0.220 e. The number of hydrogen-bond acceptors (Lipinski definition) is 7. The van der Waals surface area contributed by atoms with E-state index in [4.69, 9.17) is 20.1 Å². The Bertz CT molecular complexity index is 1190. The molecule has 1 aromatic heterocycles. The van der Waals surface area contributed by atoms with Crippen molar-refractivity contribution in [2.75, 3.05) is 37.0 Å². The van der Waals surface area contributed by atoms with Gasteiger partial charge in [0, 0.05) is 38.3 Å². The van der Waals surface area contributed by atoms with E-state index < -0.39 is 0 Å². The number of hydrogen-bond donors (Lipinski definition) is 3. The molecule has 0 fully saturated rings. The Kier molecular flexibility index (Phi) is 11.7. The molecule has 0 unspecified atom stereocenters. The van der Waals surface area contributed by atoms with Crippen molar-refractivity contribution in [3.05, 3.63) is 65.2 Å². The molecule has 3 rings (SSSR count). The minimum absolute atomic E-state index is 0.0965. The Morgan fingerprint density at radius 1 is 1.00 bits per heavy atom. The lowest BCUT2D eigenvalue weighted by molar-refractivity contribution is -0.121. The van der Waals surface area contributed by atoms with Gasteiger partial charge < -0.3 is 25.7 Å². The number of unbranched alkanes of at least 4 members (excludes halogenated alkanes) is 2. The molecule has 0 aliphatic carbocycles. The average Bonchev–Trinajstić information content (AvgIpc) is 2.96. The fourth-order valence-electron chi connectivity index (χ4n) is 4.14. The first-order valence-electron chi connectivity index (χ1n) is 13.9. The molecule has 0 aliphatic rings. The summed E-state index contributed by atoms with van der Waals surface area (Å²) in [6.07, 6.45) is 5.98. The fraction of sp³-hybridized carbons (Fsp3) is 0.419. The van der Waals surface area contributed by atoms with Crippen LogP contribution >= 0.6 is 0 Å². The van der Waals surface area contributed by atoms with Crippen molar-refractivity contribution in [3.8, 4) is 17.1 Å². The topological polar surface area (TPSA) is 103 Å². The van der Waals surface area contributed by atoms with Gasteiger partial charge in [-0.1, -0.05) is 63.1 Å². The van der Waals surface area contributed by atoms with Crippen LogP contribution in [0.15, 0.2) is 48.5 Å². The van der Waals surface area contributed by atoms with Gasteiger partial charge in [-0.05, 0) is 43.0 Å². The van der Waals surface area contributed by atoms with Crippen LogP contribution < -0.4 is 20.3 Å². The van der Waals surface area contributed by atoms with Crippen molar-refractivity contribution in [3.63, 3.8) is 0 Å². The highest BCUT2D eigenvalue weighted by Crippen LogP contribution is 2.27. The first-order valence-corrected chi connectivity index (χ1v) is 13.9. The SMILES string of the molecule is CCCCCC(=O)NCc1ccc(OCCN(C)c2nc(-c3ccc(CC)cc3)nc(NCC)c2C=N)cc1. The summed E-state index contributed by atoms with van der Waals surface area (Å²) in [5, 5.41) is 14.3. The molecule has 3 N–H and O–H groups in total. The summed E-state index contributed by atoms with van der Waals surface area (Å²) in [7, 11) is 1.95. The second kappa shape index (κ2) is 15.5. The molecule has 0 spiro atoms. The molecule has 1 amide bonds. The summed E-state index contributed by atoms with van der Waals surface area (Å²) < 4.78 is 5.99. The van der Waals surface area contributed by atoms with E-state index in [9.17, 15) is 4.79 Å². The van der Waals surface area contributed by atoms with E-state index in [1.807, 2.05) is 55.3 Å². The highest BCUT2D eigenvalue weighted by atomic mass is 16.5. The summed E-state index contributed by atoms with van der Waals surface area (Å²) in [6.45, 7) is 8.51. The van der Waals surface area contributed by atoms with E-state index in [1.165, 1.54) is 11.8 Å². The molecule has 0 saturated heterocycles. The van der Waals surface area contributed by atoms with E-state index in [0.717, 1.165) is 42.6 Å². The van der Waals surface area contributed by atoms with Crippen LogP contribution in [0, 0.1) is 5.41 Å². The van der Waals surface area contributed by atoms with Gasteiger partial charge in [0.25, 0.3) is 0 Å². The minimum atomic E-state index is 0.0965. The van der Waals surface area contributed by atoms with Crippen LogP contribution in [0.3, 0.4) is 0 Å². The van der Waals surface area contributed by atoms with Crippen LogP contribution in [0.1, 0.15) is 63.1 Å². The molecule has 208 valence electrons. The summed E-state index contributed by atoms with van der Waals surface area (Å²) in [4.78, 5) is 23.5. The van der Waals surface area contributed by atoms with E-state index >= 15 is 0 Å². The maximum absolute atomic E-state index is 11.9. The molecule has 2 aromatic carbocycles. The molecule has 0 saturated carbocycles. The number of carbonyl (C=O) groups is 1. The van der Waals surface area contributed by atoms with E-state index in [1.54, 1.807) is 0 Å². The van der Waals surface area contributed by atoms with Gasteiger partial charge in [-0.3, -0.25) is 4.79 Å². The Morgan fingerprint density at radius 3 is 2.36 bits per heavy atom. The number of carbonyl (C=O) groups excluding carboxylic acids is 1. The third kappa shape index (κ3) is 8.80. The molecule has 39 heavy (non-hydrogen) atoms. The van der Waals surface area contributed by atoms with Crippen molar-refractivity contribution < 1.29 is 9.53 Å². The van der Waals surface area contributed by atoms with E-state index in [0.29, 0.717) is 55.7 Å². The Labute approximate surface area is 232 Å². The van der Waals surface area contributed by atoms with Crippen LogP contribution in [0.2, 0.25) is 0 Å². The van der Waals surface area contributed by atoms with Gasteiger partial charge in [0.05, 0.1) is 12.1 Å². The number of ether oxygens (including phenoxy) is 1. The number of amides is 1. The maximum Gasteiger partial charge on any atom is 0.220 e. The molecule has 1 heterocycles. The molecular weight excluding hydrogens is 488 g/mol. The Balaban J connectivity index is 1.63. The van der Waals surface area contributed by atoms with Crippen LogP contribution in [0.4, 0.5) is 11.6 Å². The molecule has 0 bridgehead atoms. The third-order valence-electron chi connectivity index (χ3n) is 6.51. The van der Waals surface area contributed by atoms with Gasteiger partial charge >= 0.3 is 0 Å². The van der Waals surface area contributed by atoms with Crippen LogP contribution in [0.25, 0.3) is 11.4 Å². The molecule has 8 heteroatoms. The third-order valence-corrected chi connectivity index (χ3v) is 6.51. The highest BCUT2D eigenvalue weighted by Gasteiger charge is 2.17. The zero-order chi connectivity index (χ0) is 28.0. The predicted octanol–water partition coefficient (Wildman–Crippen LogP) is 5.85. The monoisotopic (exact) mass is 530 g/mol. The lowest BCUT2D eigenvalue weighted by atomic mass is 10.1. The normalized spacial score (nSPS) is 10.7. The first-order chi connectivity index (χ1) is 19.0. The zero-order valence-electron chi connectivity index (χ0n) is 23.7. The highest BCUT2D eigenvalue weighted by molar-refractivity contribution is 5.92. The minimum Gasteiger partial charge on any atom is -0.492 e. The molecule has 8 nitrogen and oxygen atoms in total. The molecule has 0 radical (unpaired) electrons. The fourth-order valence-corrected chi connectivity index (χ4v) is 4.14. The average molecular weight is 531 g/mol. The Morgan fingerprint density at radius 2 is 1.72 bits per heavy atom. The first kappa shape index (κ1) is 29.6. The number of aryl methyl sites for hydroxylation is 1. The number of nitrogens with zero attached hydrogens (tertiary/aromatic N) is 3. The van der Waals surface area contributed by atoms with Gasteiger partial charge in [0.1, 0.15) is 24.0 Å². The lowest BCUT2D eigenvalue weighted by Crippen LogP contribution is -2.27. The van der Waals surface area contributed by atoms with Crippen molar-refractivity contribution in [1.29, 1.82) is 5.41 Å². The number of nitrogens with one attached hydrogen (secondary N) is 3.